The van der Waals surface area contributed by atoms with Crippen LogP contribution in [-0.4, -0.2) is 58.1 Å². The van der Waals surface area contributed by atoms with E-state index in [4.69, 9.17) is 0 Å². The molecule has 1 saturated heterocycles. The maximum Gasteiger partial charge on any atom is 0.142 e. The molecule has 0 unspecified atom stereocenters. The van der Waals surface area contributed by atoms with E-state index in [0.717, 1.165) is 60.0 Å². The highest BCUT2D eigenvalue weighted by molar-refractivity contribution is 7.13. The molecule has 4 rings (SSSR count). The fourth-order valence-corrected chi connectivity index (χ4v) is 3.81. The quantitative estimate of drug-likeness (QED) is 0.728. The van der Waals surface area contributed by atoms with Gasteiger partial charge in [0.25, 0.3) is 0 Å². The number of pyridine rings is 1. The van der Waals surface area contributed by atoms with E-state index >= 15 is 0 Å². The lowest BCUT2D eigenvalue weighted by atomic mass is 10.3. The van der Waals surface area contributed by atoms with Gasteiger partial charge in [-0.05, 0) is 26.1 Å². The van der Waals surface area contributed by atoms with Crippen LogP contribution in [0.4, 0.5) is 11.6 Å². The predicted molar refractivity (Wildman–Crippen MR) is 109 cm³/mol. The highest BCUT2D eigenvalue weighted by Gasteiger charge is 2.16. The number of aryl methyl sites for hydroxylation is 1. The Morgan fingerprint density at radius 1 is 1.11 bits per heavy atom. The molecule has 3 aromatic heterocycles. The first-order valence-corrected chi connectivity index (χ1v) is 9.94. The van der Waals surface area contributed by atoms with Crippen LogP contribution in [0.2, 0.25) is 0 Å². The van der Waals surface area contributed by atoms with Crippen LogP contribution >= 0.6 is 11.3 Å². The third-order valence-electron chi connectivity index (χ3n) is 4.54. The number of rotatable bonds is 5. The first-order chi connectivity index (χ1) is 13.2. The number of likely N-dealkylation sites (N-methyl/N-ethyl adjacent to an activating group) is 1. The number of nitrogens with zero attached hydrogens (tertiary/aromatic N) is 6. The van der Waals surface area contributed by atoms with E-state index in [1.54, 1.807) is 17.5 Å². The van der Waals surface area contributed by atoms with Crippen molar-refractivity contribution < 1.29 is 0 Å². The fourth-order valence-electron chi connectivity index (χ4n) is 3.02. The molecule has 0 saturated carbocycles. The van der Waals surface area contributed by atoms with Gasteiger partial charge in [0.05, 0.1) is 17.9 Å². The molecule has 1 aliphatic rings. The summed E-state index contributed by atoms with van der Waals surface area (Å²) in [6.07, 6.45) is 1.79. The SMILES string of the molecule is Cc1nc(NCc2csc(-c3ccccn3)n2)cc(N2CCN(C)CC2)n1. The Hall–Kier alpha value is -2.58. The summed E-state index contributed by atoms with van der Waals surface area (Å²) in [6, 6.07) is 7.90. The molecule has 1 N–H and O–H groups in total. The number of piperazine rings is 1. The smallest absolute Gasteiger partial charge is 0.142 e. The van der Waals surface area contributed by atoms with Crippen molar-refractivity contribution >= 4 is 23.0 Å². The molecule has 0 bridgehead atoms. The standard InChI is InChI=1S/C19H23N7S/c1-14-22-17(11-18(23-14)26-9-7-25(2)8-10-26)21-12-15-13-27-19(24-15)16-5-3-4-6-20-16/h3-6,11,13H,7-10,12H2,1-2H3,(H,21,22,23). The first kappa shape index (κ1) is 17.8. The lowest BCUT2D eigenvalue weighted by Gasteiger charge is -2.33. The lowest BCUT2D eigenvalue weighted by Crippen LogP contribution is -2.44. The number of aromatic nitrogens is 4. The monoisotopic (exact) mass is 381 g/mol. The van der Waals surface area contributed by atoms with E-state index in [1.165, 1.54) is 0 Å². The molecule has 140 valence electrons. The van der Waals surface area contributed by atoms with Gasteiger partial charge in [0.1, 0.15) is 22.5 Å². The summed E-state index contributed by atoms with van der Waals surface area (Å²) < 4.78 is 0. The highest BCUT2D eigenvalue weighted by atomic mass is 32.1. The number of nitrogens with one attached hydrogen (secondary N) is 1. The highest BCUT2D eigenvalue weighted by Crippen LogP contribution is 2.22. The van der Waals surface area contributed by atoms with E-state index in [0.29, 0.717) is 6.54 Å². The van der Waals surface area contributed by atoms with Gasteiger partial charge in [0, 0.05) is 43.8 Å². The summed E-state index contributed by atoms with van der Waals surface area (Å²) >= 11 is 1.61. The summed E-state index contributed by atoms with van der Waals surface area (Å²) in [5, 5.41) is 6.39. The normalized spacial score (nSPS) is 15.1. The lowest BCUT2D eigenvalue weighted by molar-refractivity contribution is 0.312. The molecule has 4 heterocycles. The summed E-state index contributed by atoms with van der Waals surface area (Å²) in [5.74, 6) is 2.61. The molecule has 27 heavy (non-hydrogen) atoms. The van der Waals surface area contributed by atoms with Crippen LogP contribution in [-0.2, 0) is 6.54 Å². The minimum absolute atomic E-state index is 0.627. The molecular formula is C19H23N7S. The van der Waals surface area contributed by atoms with Crippen molar-refractivity contribution in [2.45, 2.75) is 13.5 Å². The van der Waals surface area contributed by atoms with Crippen molar-refractivity contribution in [3.8, 4) is 10.7 Å². The van der Waals surface area contributed by atoms with Crippen LogP contribution in [0.25, 0.3) is 10.7 Å². The van der Waals surface area contributed by atoms with Crippen LogP contribution in [0.1, 0.15) is 11.5 Å². The van der Waals surface area contributed by atoms with Crippen molar-refractivity contribution in [3.05, 3.63) is 47.4 Å². The molecule has 0 spiro atoms. The number of hydrogen-bond donors (Lipinski definition) is 1. The molecule has 1 aliphatic heterocycles. The van der Waals surface area contributed by atoms with Crippen LogP contribution in [0.3, 0.4) is 0 Å². The maximum absolute atomic E-state index is 4.67. The van der Waals surface area contributed by atoms with Crippen molar-refractivity contribution in [1.82, 2.24) is 24.8 Å². The van der Waals surface area contributed by atoms with Gasteiger partial charge in [0.15, 0.2) is 0 Å². The molecule has 1 fully saturated rings. The molecular weight excluding hydrogens is 358 g/mol. The fraction of sp³-hybridized carbons (Fsp3) is 0.368. The molecule has 3 aromatic rings. The third kappa shape index (κ3) is 4.40. The zero-order valence-corrected chi connectivity index (χ0v) is 16.4. The second-order valence-electron chi connectivity index (χ2n) is 6.66. The Morgan fingerprint density at radius 3 is 2.74 bits per heavy atom. The average Bonchev–Trinajstić information content (AvgIpc) is 3.16. The van der Waals surface area contributed by atoms with Crippen LogP contribution in [0, 0.1) is 6.92 Å². The Bertz CT molecular complexity index is 888. The maximum atomic E-state index is 4.67. The van der Waals surface area contributed by atoms with Crippen molar-refractivity contribution in [2.75, 3.05) is 43.4 Å². The van der Waals surface area contributed by atoms with Crippen molar-refractivity contribution in [3.63, 3.8) is 0 Å². The molecule has 7 nitrogen and oxygen atoms in total. The minimum Gasteiger partial charge on any atom is -0.364 e. The molecule has 0 radical (unpaired) electrons. The predicted octanol–water partition coefficient (Wildman–Crippen LogP) is 2.67. The summed E-state index contributed by atoms with van der Waals surface area (Å²) in [6.45, 7) is 6.66. The van der Waals surface area contributed by atoms with Gasteiger partial charge in [0.2, 0.25) is 0 Å². The second kappa shape index (κ2) is 7.98. The number of anilines is 2. The Labute approximate surface area is 163 Å². The van der Waals surface area contributed by atoms with E-state index < -0.39 is 0 Å². The van der Waals surface area contributed by atoms with Crippen LogP contribution in [0.15, 0.2) is 35.8 Å². The van der Waals surface area contributed by atoms with Crippen molar-refractivity contribution in [2.24, 2.45) is 0 Å². The van der Waals surface area contributed by atoms with Crippen molar-refractivity contribution in [1.29, 1.82) is 0 Å². The molecule has 0 aromatic carbocycles. The third-order valence-corrected chi connectivity index (χ3v) is 5.45. The molecule has 0 amide bonds. The summed E-state index contributed by atoms with van der Waals surface area (Å²) in [7, 11) is 2.16. The largest absolute Gasteiger partial charge is 0.364 e. The zero-order valence-electron chi connectivity index (χ0n) is 15.6. The van der Waals surface area contributed by atoms with Gasteiger partial charge < -0.3 is 15.1 Å². The van der Waals surface area contributed by atoms with Crippen LogP contribution in [0.5, 0.6) is 0 Å². The van der Waals surface area contributed by atoms with E-state index in [1.807, 2.05) is 31.2 Å². The first-order valence-electron chi connectivity index (χ1n) is 9.06. The van der Waals surface area contributed by atoms with Gasteiger partial charge in [-0.15, -0.1) is 11.3 Å². The average molecular weight is 382 g/mol. The number of hydrogen-bond acceptors (Lipinski definition) is 8. The zero-order chi connectivity index (χ0) is 18.6. The number of thiazole rings is 1. The Morgan fingerprint density at radius 2 is 1.96 bits per heavy atom. The van der Waals surface area contributed by atoms with E-state index in [2.05, 4.69) is 47.5 Å². The second-order valence-corrected chi connectivity index (χ2v) is 7.52. The van der Waals surface area contributed by atoms with Gasteiger partial charge in [-0.1, -0.05) is 6.07 Å². The minimum atomic E-state index is 0.627. The molecule has 0 aliphatic carbocycles. The summed E-state index contributed by atoms with van der Waals surface area (Å²) in [5.41, 5.74) is 1.89. The Balaban J connectivity index is 1.43. The van der Waals surface area contributed by atoms with Gasteiger partial charge in [-0.25, -0.2) is 15.0 Å². The van der Waals surface area contributed by atoms with Gasteiger partial charge >= 0.3 is 0 Å². The summed E-state index contributed by atoms with van der Waals surface area (Å²) in [4.78, 5) is 22.8. The topological polar surface area (TPSA) is 70.1 Å². The molecule has 8 heteroatoms. The van der Waals surface area contributed by atoms with Gasteiger partial charge in [-0.3, -0.25) is 4.98 Å². The Kier molecular flexibility index (Phi) is 5.26. The molecule has 0 atom stereocenters. The van der Waals surface area contributed by atoms with E-state index in [9.17, 15) is 0 Å². The van der Waals surface area contributed by atoms with E-state index in [-0.39, 0.29) is 0 Å². The van der Waals surface area contributed by atoms with Crippen LogP contribution < -0.4 is 10.2 Å². The van der Waals surface area contributed by atoms with Gasteiger partial charge in [-0.2, -0.15) is 0 Å².